The molecule has 6 heteroatoms. The van der Waals surface area contributed by atoms with Crippen molar-refractivity contribution in [1.29, 1.82) is 0 Å². The number of carbonyl (C=O) groups is 1. The Kier molecular flexibility index (Phi) is 11.2. The summed E-state index contributed by atoms with van der Waals surface area (Å²) in [7, 11) is 1.64. The normalized spacial score (nSPS) is 13.5. The number of fused-ring (bicyclic) bond motifs is 1. The number of nitrogens with zero attached hydrogens (tertiary/aromatic N) is 1. The average molecular weight is 614 g/mol. The van der Waals surface area contributed by atoms with Gasteiger partial charge in [0, 0.05) is 24.8 Å². The molecular formula is C37H35FeNO4. The second kappa shape index (κ2) is 15.2. The van der Waals surface area contributed by atoms with E-state index in [-0.39, 0.29) is 40.7 Å². The Bertz CT molecular complexity index is 1520. The van der Waals surface area contributed by atoms with Crippen LogP contribution < -0.4 is 0 Å². The van der Waals surface area contributed by atoms with Crippen LogP contribution in [0.15, 0.2) is 127 Å². The molecular weight excluding hydrogens is 578 g/mol. The summed E-state index contributed by atoms with van der Waals surface area (Å²) in [6.07, 6.45) is 2.14. The largest absolute Gasteiger partial charge is 2.00 e. The number of hydrogen-bond acceptors (Lipinski definition) is 4. The summed E-state index contributed by atoms with van der Waals surface area (Å²) in [5.74, 6) is 0.448. The van der Waals surface area contributed by atoms with Gasteiger partial charge in [-0.1, -0.05) is 59.2 Å². The molecule has 1 heterocycles. The van der Waals surface area contributed by atoms with Crippen LogP contribution in [0.3, 0.4) is 0 Å². The molecule has 0 saturated carbocycles. The van der Waals surface area contributed by atoms with Crippen LogP contribution in [0.1, 0.15) is 58.1 Å². The molecule has 0 radical (unpaired) electrons. The molecule has 2 N–H and O–H groups in total. The average Bonchev–Trinajstić information content (AvgIpc) is 3.81. The van der Waals surface area contributed by atoms with Gasteiger partial charge in [0.15, 0.2) is 6.23 Å². The number of ether oxygens (including phenoxy) is 1. The van der Waals surface area contributed by atoms with Crippen LogP contribution in [0, 0.1) is 0 Å². The third-order valence-electron chi connectivity index (χ3n) is 7.48. The molecule has 0 bridgehead atoms. The van der Waals surface area contributed by atoms with Crippen molar-refractivity contribution in [3.8, 4) is 11.5 Å². The van der Waals surface area contributed by atoms with Gasteiger partial charge in [0.05, 0.1) is 0 Å². The first kappa shape index (κ1) is 31.6. The van der Waals surface area contributed by atoms with Gasteiger partial charge in [-0.05, 0) is 49.6 Å². The first-order chi connectivity index (χ1) is 20.6. The molecule has 43 heavy (non-hydrogen) atoms. The summed E-state index contributed by atoms with van der Waals surface area (Å²) in [6.45, 7) is 0.605. The van der Waals surface area contributed by atoms with E-state index >= 15 is 0 Å². The number of carbonyl (C=O) groups excluding carboxylic acids is 1. The first-order valence-corrected chi connectivity index (χ1v) is 14.2. The quantitative estimate of drug-likeness (QED) is 0.100. The van der Waals surface area contributed by atoms with Crippen molar-refractivity contribution in [3.05, 3.63) is 155 Å². The van der Waals surface area contributed by atoms with Crippen molar-refractivity contribution >= 4 is 17.1 Å². The molecule has 1 unspecified atom stereocenters. The van der Waals surface area contributed by atoms with Gasteiger partial charge in [-0.15, -0.1) is 23.3 Å². The van der Waals surface area contributed by atoms with Gasteiger partial charge in [-0.3, -0.25) is 4.79 Å². The van der Waals surface area contributed by atoms with Gasteiger partial charge < -0.3 is 19.8 Å². The van der Waals surface area contributed by atoms with Crippen molar-refractivity contribution in [1.82, 2.24) is 4.90 Å². The molecule has 1 amide bonds. The third-order valence-corrected chi connectivity index (χ3v) is 7.48. The Hall–Kier alpha value is -4.35. The maximum Gasteiger partial charge on any atom is 2.00 e. The SMILES string of the molecule is COC1c2ccccc2C(=O)N1CCCCC(=C(c1ccc(O)cc1)c1ccc(O)cc1)[c-]1cccc1.[Fe+2].c1cc[cH-]c1. The summed E-state index contributed by atoms with van der Waals surface area (Å²) in [4.78, 5) is 14.8. The van der Waals surface area contributed by atoms with Crippen LogP contribution in [0.2, 0.25) is 0 Å². The number of aromatic hydroxyl groups is 2. The van der Waals surface area contributed by atoms with E-state index in [1.165, 1.54) is 5.57 Å². The molecule has 220 valence electrons. The number of benzene rings is 3. The van der Waals surface area contributed by atoms with Gasteiger partial charge in [0.2, 0.25) is 0 Å². The summed E-state index contributed by atoms with van der Waals surface area (Å²) < 4.78 is 5.69. The van der Waals surface area contributed by atoms with Crippen LogP contribution in [-0.4, -0.2) is 34.7 Å². The van der Waals surface area contributed by atoms with Crippen molar-refractivity contribution < 1.29 is 36.8 Å². The maximum atomic E-state index is 13.0. The van der Waals surface area contributed by atoms with E-state index in [4.69, 9.17) is 4.74 Å². The summed E-state index contributed by atoms with van der Waals surface area (Å²) in [5, 5.41) is 19.8. The van der Waals surface area contributed by atoms with Gasteiger partial charge in [-0.25, -0.2) is 12.1 Å². The van der Waals surface area contributed by atoms with E-state index in [0.29, 0.717) is 12.1 Å². The van der Waals surface area contributed by atoms with Gasteiger partial charge in [-0.2, -0.15) is 30.3 Å². The Morgan fingerprint density at radius 3 is 1.93 bits per heavy atom. The molecule has 0 aliphatic carbocycles. The minimum Gasteiger partial charge on any atom is -0.508 e. The van der Waals surface area contributed by atoms with Crippen molar-refractivity contribution in [2.45, 2.75) is 25.5 Å². The fraction of sp³-hybridized carbons (Fsp3) is 0.162. The second-order valence-corrected chi connectivity index (χ2v) is 10.2. The zero-order valence-corrected chi connectivity index (χ0v) is 25.1. The van der Waals surface area contributed by atoms with Crippen molar-refractivity contribution in [2.75, 3.05) is 13.7 Å². The molecule has 0 spiro atoms. The number of phenols is 2. The van der Waals surface area contributed by atoms with Crippen LogP contribution in [0.4, 0.5) is 0 Å². The molecule has 0 saturated heterocycles. The number of phenolic OH excluding ortho intramolecular Hbond substituents is 2. The Labute approximate surface area is 263 Å². The fourth-order valence-electron chi connectivity index (χ4n) is 5.47. The molecule has 6 rings (SSSR count). The molecule has 5 aromatic rings. The molecule has 1 aliphatic heterocycles. The zero-order chi connectivity index (χ0) is 29.3. The van der Waals surface area contributed by atoms with Crippen LogP contribution in [0.5, 0.6) is 11.5 Å². The number of hydrogen-bond donors (Lipinski definition) is 2. The predicted octanol–water partition coefficient (Wildman–Crippen LogP) is 8.15. The van der Waals surface area contributed by atoms with E-state index in [1.807, 2.05) is 95.9 Å². The maximum absolute atomic E-state index is 13.0. The Morgan fingerprint density at radius 2 is 1.40 bits per heavy atom. The first-order valence-electron chi connectivity index (χ1n) is 14.2. The summed E-state index contributed by atoms with van der Waals surface area (Å²) >= 11 is 0. The van der Waals surface area contributed by atoms with Gasteiger partial charge >= 0.3 is 17.1 Å². The van der Waals surface area contributed by atoms with Crippen LogP contribution >= 0.6 is 0 Å². The summed E-state index contributed by atoms with van der Waals surface area (Å²) in [6, 6.07) is 40.4. The third kappa shape index (κ3) is 7.54. The monoisotopic (exact) mass is 613 g/mol. The number of amides is 1. The second-order valence-electron chi connectivity index (χ2n) is 10.2. The molecule has 0 fully saturated rings. The van der Waals surface area contributed by atoms with Crippen LogP contribution in [-0.2, 0) is 21.8 Å². The summed E-state index contributed by atoms with van der Waals surface area (Å²) in [5.41, 5.74) is 7.00. The van der Waals surface area contributed by atoms with Gasteiger partial charge in [0.1, 0.15) is 11.5 Å². The molecule has 5 aromatic carbocycles. The Balaban J connectivity index is 0.000000641. The number of allylic oxidation sites excluding steroid dienone is 1. The molecule has 1 aliphatic rings. The van der Waals surface area contributed by atoms with E-state index in [2.05, 4.69) is 12.1 Å². The van der Waals surface area contributed by atoms with Crippen molar-refractivity contribution in [3.63, 3.8) is 0 Å². The van der Waals surface area contributed by atoms with E-state index in [1.54, 1.807) is 31.4 Å². The molecule has 1 atom stereocenters. The molecule has 0 aromatic heterocycles. The topological polar surface area (TPSA) is 70.0 Å². The van der Waals surface area contributed by atoms with Gasteiger partial charge in [0.25, 0.3) is 5.91 Å². The minimum atomic E-state index is -0.349. The van der Waals surface area contributed by atoms with E-state index < -0.39 is 0 Å². The predicted molar refractivity (Wildman–Crippen MR) is 167 cm³/mol. The number of methoxy groups -OCH3 is 1. The van der Waals surface area contributed by atoms with E-state index in [0.717, 1.165) is 47.1 Å². The van der Waals surface area contributed by atoms with Crippen molar-refractivity contribution in [2.24, 2.45) is 0 Å². The fourth-order valence-corrected chi connectivity index (χ4v) is 5.47. The zero-order valence-electron chi connectivity index (χ0n) is 24.0. The van der Waals surface area contributed by atoms with E-state index in [9.17, 15) is 15.0 Å². The number of rotatable bonds is 9. The Morgan fingerprint density at radius 1 is 0.814 bits per heavy atom. The minimum absolute atomic E-state index is 0. The number of unbranched alkanes of at least 4 members (excludes halogenated alkanes) is 1. The molecule has 5 nitrogen and oxygen atoms in total. The smallest absolute Gasteiger partial charge is 0.508 e. The van der Waals surface area contributed by atoms with Crippen LogP contribution in [0.25, 0.3) is 11.1 Å². The standard InChI is InChI=1S/C32H30NO4.C5H5.Fe/c1-37-32-29-12-5-4-11-28(29)31(36)33(32)21-7-6-10-27(22-8-2-3-9-22)30(23-13-17-25(34)18-14-23)24-15-19-26(35)20-16-24;1-2-4-5-3-1;/h2-5,8-9,11-20,32,34-35H,6-7,10,21H2,1H3;1-5H;/q2*-1;+2.